The van der Waals surface area contributed by atoms with Crippen LogP contribution in [0.25, 0.3) is 6.08 Å². The number of hydrogen-bond donors (Lipinski definition) is 0. The maximum absolute atomic E-state index is 12.0. The number of esters is 1. The Kier molecular flexibility index (Phi) is 5.51. The second-order valence-corrected chi connectivity index (χ2v) is 7.20. The third kappa shape index (κ3) is 4.05. The Morgan fingerprint density at radius 2 is 1.82 bits per heavy atom. The highest BCUT2D eigenvalue weighted by Crippen LogP contribution is 2.32. The number of hydrogen-bond acceptors (Lipinski definition) is 5. The average Bonchev–Trinajstić information content (AvgIpc) is 2.86. The minimum absolute atomic E-state index is 0.0121. The summed E-state index contributed by atoms with van der Waals surface area (Å²) in [6.45, 7) is 0. The highest BCUT2D eigenvalue weighted by molar-refractivity contribution is 9.13. The van der Waals surface area contributed by atoms with E-state index < -0.39 is 5.97 Å². The van der Waals surface area contributed by atoms with Gasteiger partial charge in [0.2, 0.25) is 0 Å². The molecule has 0 amide bonds. The Hall–Kier alpha value is -1.93. The van der Waals surface area contributed by atoms with Gasteiger partial charge in [-0.25, -0.2) is 4.79 Å². The maximum Gasteiger partial charge on any atom is 0.353 e. The van der Waals surface area contributed by atoms with Gasteiger partial charge in [0.15, 0.2) is 0 Å². The molecule has 0 aliphatic heterocycles. The molecule has 0 aliphatic rings. The molecule has 0 saturated heterocycles. The van der Waals surface area contributed by atoms with Gasteiger partial charge in [0.05, 0.1) is 3.79 Å². The van der Waals surface area contributed by atoms with E-state index >= 15 is 0 Å². The van der Waals surface area contributed by atoms with E-state index in [4.69, 9.17) is 15.3 Å². The molecule has 0 saturated carbocycles. The first-order valence-electron chi connectivity index (χ1n) is 5.82. The van der Waals surface area contributed by atoms with Crippen molar-refractivity contribution < 1.29 is 9.53 Å². The van der Waals surface area contributed by atoms with E-state index in [1.54, 1.807) is 42.5 Å². The van der Waals surface area contributed by atoms with E-state index in [9.17, 15) is 4.79 Å². The van der Waals surface area contributed by atoms with Gasteiger partial charge in [-0.05, 0) is 61.7 Å². The molecule has 0 unspecified atom stereocenters. The molecule has 2 rings (SSSR count). The van der Waals surface area contributed by atoms with Gasteiger partial charge in [0.25, 0.3) is 0 Å². The molecule has 2 aromatic rings. The minimum atomic E-state index is -0.450. The first kappa shape index (κ1) is 16.4. The molecular weight excluding hydrogens is 432 g/mol. The minimum Gasteiger partial charge on any atom is -0.422 e. The lowest BCUT2D eigenvalue weighted by molar-refractivity contribution is 0.0740. The van der Waals surface area contributed by atoms with Crippen molar-refractivity contribution in [3.63, 3.8) is 0 Å². The highest BCUT2D eigenvalue weighted by Gasteiger charge is 2.14. The van der Waals surface area contributed by atoms with Crippen molar-refractivity contribution in [2.45, 2.75) is 0 Å². The molecule has 0 fully saturated rings. The summed E-state index contributed by atoms with van der Waals surface area (Å²) in [7, 11) is 0. The number of ether oxygens (including phenoxy) is 1. The van der Waals surface area contributed by atoms with Gasteiger partial charge < -0.3 is 4.74 Å². The molecule has 1 aromatic carbocycles. The van der Waals surface area contributed by atoms with E-state index in [-0.39, 0.29) is 5.57 Å². The molecule has 0 bridgehead atoms. The van der Waals surface area contributed by atoms with E-state index in [1.165, 1.54) is 17.4 Å². The number of rotatable bonds is 3. The molecule has 7 heteroatoms. The summed E-state index contributed by atoms with van der Waals surface area (Å²) in [4.78, 5) is 12.5. The Bertz CT molecular complexity index is 791. The fourth-order valence-corrected chi connectivity index (χ4v) is 3.40. The van der Waals surface area contributed by atoms with Crippen LogP contribution >= 0.6 is 43.2 Å². The number of thiophene rings is 1. The third-order valence-electron chi connectivity index (χ3n) is 2.49. The molecule has 0 radical (unpaired) electrons. The molecular formula is C15H6Br2N2O2S. The van der Waals surface area contributed by atoms with Crippen LogP contribution in [0.1, 0.15) is 15.2 Å². The van der Waals surface area contributed by atoms with Crippen LogP contribution in [0.15, 0.2) is 44.2 Å². The standard InChI is InChI=1S/C15H6Br2N2O2S/c16-12-6-13(22-14(12)17)15(20)21-11-3-1-9(2-4-11)5-10(7-18)8-19/h1-6H. The predicted molar refractivity (Wildman–Crippen MR) is 90.3 cm³/mol. The number of carbonyl (C=O) groups is 1. The monoisotopic (exact) mass is 436 g/mol. The molecule has 0 atom stereocenters. The van der Waals surface area contributed by atoms with Crippen LogP contribution in [0.4, 0.5) is 0 Å². The van der Waals surface area contributed by atoms with Crippen LogP contribution in [0.5, 0.6) is 5.75 Å². The maximum atomic E-state index is 12.0. The van der Waals surface area contributed by atoms with Crippen LogP contribution in [0.3, 0.4) is 0 Å². The molecule has 1 aromatic heterocycles. The van der Waals surface area contributed by atoms with Gasteiger partial charge in [-0.15, -0.1) is 11.3 Å². The number of nitriles is 2. The molecule has 0 aliphatic carbocycles. The van der Waals surface area contributed by atoms with Crippen LogP contribution < -0.4 is 4.74 Å². The van der Waals surface area contributed by atoms with Crippen LogP contribution in [0.2, 0.25) is 0 Å². The summed E-state index contributed by atoms with van der Waals surface area (Å²) in [6.07, 6.45) is 1.46. The normalized spacial score (nSPS) is 9.45. The lowest BCUT2D eigenvalue weighted by atomic mass is 10.1. The van der Waals surface area contributed by atoms with Gasteiger partial charge in [-0.3, -0.25) is 0 Å². The lowest BCUT2D eigenvalue weighted by Gasteiger charge is -2.02. The summed E-state index contributed by atoms with van der Waals surface area (Å²) in [5.41, 5.74) is 0.692. The SMILES string of the molecule is N#CC(C#N)=Cc1ccc(OC(=O)c2cc(Br)c(Br)s2)cc1. The van der Waals surface area contributed by atoms with Crippen molar-refractivity contribution in [1.29, 1.82) is 10.5 Å². The van der Waals surface area contributed by atoms with Gasteiger partial charge in [-0.2, -0.15) is 10.5 Å². The van der Waals surface area contributed by atoms with Gasteiger partial charge in [-0.1, -0.05) is 12.1 Å². The summed E-state index contributed by atoms with van der Waals surface area (Å²) in [6, 6.07) is 11.8. The molecule has 4 nitrogen and oxygen atoms in total. The van der Waals surface area contributed by atoms with Crippen molar-refractivity contribution in [3.8, 4) is 17.9 Å². The van der Waals surface area contributed by atoms with Crippen molar-refractivity contribution in [2.75, 3.05) is 0 Å². The molecule has 108 valence electrons. The number of halogens is 2. The zero-order valence-corrected chi connectivity index (χ0v) is 14.8. The fourth-order valence-electron chi connectivity index (χ4n) is 1.49. The number of allylic oxidation sites excluding steroid dienone is 1. The molecule has 1 heterocycles. The van der Waals surface area contributed by atoms with Crippen molar-refractivity contribution >= 4 is 55.2 Å². The first-order valence-corrected chi connectivity index (χ1v) is 8.22. The number of benzene rings is 1. The zero-order valence-electron chi connectivity index (χ0n) is 10.8. The van der Waals surface area contributed by atoms with E-state index in [2.05, 4.69) is 31.9 Å². The van der Waals surface area contributed by atoms with Crippen molar-refractivity contribution in [1.82, 2.24) is 0 Å². The highest BCUT2D eigenvalue weighted by atomic mass is 79.9. The van der Waals surface area contributed by atoms with E-state index in [0.29, 0.717) is 16.2 Å². The number of nitrogens with zero attached hydrogens (tertiary/aromatic N) is 2. The van der Waals surface area contributed by atoms with Crippen LogP contribution in [-0.4, -0.2) is 5.97 Å². The second kappa shape index (κ2) is 7.37. The second-order valence-electron chi connectivity index (χ2n) is 3.97. The number of carbonyl (C=O) groups excluding carboxylic acids is 1. The molecule has 0 spiro atoms. The Morgan fingerprint density at radius 3 is 2.32 bits per heavy atom. The van der Waals surface area contributed by atoms with Gasteiger partial charge in [0.1, 0.15) is 28.3 Å². The van der Waals surface area contributed by atoms with Gasteiger partial charge in [0, 0.05) is 4.47 Å². The zero-order chi connectivity index (χ0) is 16.1. The lowest BCUT2D eigenvalue weighted by Crippen LogP contribution is -2.06. The summed E-state index contributed by atoms with van der Waals surface area (Å²) in [5.74, 6) is -0.0623. The quantitative estimate of drug-likeness (QED) is 0.388. The topological polar surface area (TPSA) is 73.9 Å². The van der Waals surface area contributed by atoms with Gasteiger partial charge >= 0.3 is 5.97 Å². The molecule has 22 heavy (non-hydrogen) atoms. The van der Waals surface area contributed by atoms with Crippen molar-refractivity contribution in [2.24, 2.45) is 0 Å². The summed E-state index contributed by atoms with van der Waals surface area (Å²) >= 11 is 7.91. The fraction of sp³-hybridized carbons (Fsp3) is 0. The Morgan fingerprint density at radius 1 is 1.18 bits per heavy atom. The smallest absolute Gasteiger partial charge is 0.353 e. The average molecular weight is 438 g/mol. The molecule has 0 N–H and O–H groups in total. The van der Waals surface area contributed by atoms with E-state index in [0.717, 1.165) is 8.26 Å². The van der Waals surface area contributed by atoms with E-state index in [1.807, 2.05) is 0 Å². The van der Waals surface area contributed by atoms with Crippen LogP contribution in [0, 0.1) is 22.7 Å². The predicted octanol–water partition coefficient (Wildman–Crippen LogP) is 4.92. The third-order valence-corrected chi connectivity index (χ3v) is 5.73. The van der Waals surface area contributed by atoms with Crippen LogP contribution in [-0.2, 0) is 0 Å². The Labute approximate surface area is 147 Å². The largest absolute Gasteiger partial charge is 0.422 e. The van der Waals surface area contributed by atoms with Crippen molar-refractivity contribution in [3.05, 3.63) is 54.6 Å². The Balaban J connectivity index is 2.12. The summed E-state index contributed by atoms with van der Waals surface area (Å²) in [5, 5.41) is 17.4. The first-order chi connectivity index (χ1) is 10.5. The summed E-state index contributed by atoms with van der Waals surface area (Å²) < 4.78 is 6.88.